The molecule has 7 heteroatoms. The Labute approximate surface area is 113 Å². The Balaban J connectivity index is 2.55. The molecule has 0 saturated heterocycles. The number of nitrogens with zero attached hydrogens (tertiary/aromatic N) is 3. The van der Waals surface area contributed by atoms with Gasteiger partial charge in [0.15, 0.2) is 5.82 Å². The van der Waals surface area contributed by atoms with E-state index in [-0.39, 0.29) is 21.8 Å². The van der Waals surface area contributed by atoms with Crippen molar-refractivity contribution in [1.82, 2.24) is 9.97 Å². The molecule has 1 aromatic heterocycles. The Bertz CT molecular complexity index is 608. The summed E-state index contributed by atoms with van der Waals surface area (Å²) in [6, 6.07) is 5.97. The van der Waals surface area contributed by atoms with Gasteiger partial charge in [0, 0.05) is 23.3 Å². The molecule has 2 aromatic rings. The van der Waals surface area contributed by atoms with Gasteiger partial charge in [0.05, 0.1) is 4.92 Å². The van der Waals surface area contributed by atoms with Gasteiger partial charge in [-0.05, 0) is 6.92 Å². The fraction of sp³-hybridized carbons (Fsp3) is 0.0909. The van der Waals surface area contributed by atoms with Crippen LogP contribution >= 0.6 is 23.2 Å². The Morgan fingerprint density at radius 1 is 1.22 bits per heavy atom. The molecule has 1 aromatic carbocycles. The van der Waals surface area contributed by atoms with E-state index < -0.39 is 4.92 Å². The summed E-state index contributed by atoms with van der Waals surface area (Å²) in [7, 11) is 0. The highest BCUT2D eigenvalue weighted by molar-refractivity contribution is 6.34. The molecule has 0 aliphatic heterocycles. The third-order valence-corrected chi connectivity index (χ3v) is 3.08. The van der Waals surface area contributed by atoms with E-state index in [1.165, 1.54) is 12.1 Å². The summed E-state index contributed by atoms with van der Waals surface area (Å²) in [5.41, 5.74) is 1.03. The van der Waals surface area contributed by atoms with Crippen molar-refractivity contribution in [2.45, 2.75) is 6.92 Å². The second-order valence-corrected chi connectivity index (χ2v) is 4.28. The molecule has 5 nitrogen and oxygen atoms in total. The van der Waals surface area contributed by atoms with Gasteiger partial charge in [-0.15, -0.1) is 0 Å². The van der Waals surface area contributed by atoms with E-state index in [1.54, 1.807) is 19.1 Å². The van der Waals surface area contributed by atoms with Crippen LogP contribution < -0.4 is 0 Å². The van der Waals surface area contributed by atoms with Gasteiger partial charge in [0.2, 0.25) is 0 Å². The predicted octanol–water partition coefficient (Wildman–Crippen LogP) is 3.67. The van der Waals surface area contributed by atoms with Gasteiger partial charge in [-0.25, -0.2) is 9.97 Å². The van der Waals surface area contributed by atoms with Crippen LogP contribution in [0, 0.1) is 17.0 Å². The molecule has 0 amide bonds. The number of hydrogen-bond donors (Lipinski definition) is 0. The quantitative estimate of drug-likeness (QED) is 0.479. The van der Waals surface area contributed by atoms with Crippen LogP contribution in [0.25, 0.3) is 11.4 Å². The average molecular weight is 284 g/mol. The molecular weight excluding hydrogens is 277 g/mol. The van der Waals surface area contributed by atoms with Crippen LogP contribution in [0.2, 0.25) is 10.3 Å². The van der Waals surface area contributed by atoms with Gasteiger partial charge >= 0.3 is 0 Å². The van der Waals surface area contributed by atoms with Crippen LogP contribution in [0.1, 0.15) is 5.56 Å². The molecule has 0 spiro atoms. The van der Waals surface area contributed by atoms with Gasteiger partial charge in [0.1, 0.15) is 10.3 Å². The molecule has 0 aliphatic carbocycles. The van der Waals surface area contributed by atoms with Crippen molar-refractivity contribution in [1.29, 1.82) is 0 Å². The normalized spacial score (nSPS) is 10.4. The number of halogens is 2. The monoisotopic (exact) mass is 283 g/mol. The van der Waals surface area contributed by atoms with Gasteiger partial charge in [-0.2, -0.15) is 0 Å². The maximum Gasteiger partial charge on any atom is 0.270 e. The van der Waals surface area contributed by atoms with Crippen LogP contribution in [0.4, 0.5) is 5.69 Å². The minimum Gasteiger partial charge on any atom is -0.258 e. The van der Waals surface area contributed by atoms with E-state index >= 15 is 0 Å². The zero-order valence-electron chi connectivity index (χ0n) is 9.22. The first-order valence-electron chi connectivity index (χ1n) is 4.93. The van der Waals surface area contributed by atoms with Gasteiger partial charge < -0.3 is 0 Å². The van der Waals surface area contributed by atoms with Crippen LogP contribution in [-0.2, 0) is 0 Å². The lowest BCUT2D eigenvalue weighted by Gasteiger charge is -2.04. The van der Waals surface area contributed by atoms with Crippen LogP contribution in [0.3, 0.4) is 0 Å². The van der Waals surface area contributed by atoms with Gasteiger partial charge in [0.25, 0.3) is 5.69 Å². The smallest absolute Gasteiger partial charge is 0.258 e. The average Bonchev–Trinajstić information content (AvgIpc) is 2.35. The standard InChI is InChI=1S/C11H7Cl2N3O2/c1-6-9(12)14-11(15-10(6)13)7-3-2-4-8(5-7)16(17)18/h2-5H,1H3. The minimum atomic E-state index is -0.485. The van der Waals surface area contributed by atoms with Crippen LogP contribution in [0.5, 0.6) is 0 Å². The zero-order valence-corrected chi connectivity index (χ0v) is 10.7. The maximum atomic E-state index is 10.7. The number of hydrogen-bond acceptors (Lipinski definition) is 4. The summed E-state index contributed by atoms with van der Waals surface area (Å²) < 4.78 is 0. The molecule has 0 unspecified atom stereocenters. The second kappa shape index (κ2) is 4.88. The zero-order chi connectivity index (χ0) is 13.3. The Kier molecular flexibility index (Phi) is 3.45. The van der Waals surface area contributed by atoms with Crippen molar-refractivity contribution in [3.63, 3.8) is 0 Å². The third kappa shape index (κ3) is 2.42. The second-order valence-electron chi connectivity index (χ2n) is 3.56. The summed E-state index contributed by atoms with van der Waals surface area (Å²) in [6.07, 6.45) is 0. The summed E-state index contributed by atoms with van der Waals surface area (Å²) in [5, 5.41) is 11.2. The van der Waals surface area contributed by atoms with Crippen LogP contribution in [-0.4, -0.2) is 14.9 Å². The lowest BCUT2D eigenvalue weighted by molar-refractivity contribution is -0.384. The molecule has 2 rings (SSSR count). The molecule has 92 valence electrons. The lowest BCUT2D eigenvalue weighted by atomic mass is 10.2. The maximum absolute atomic E-state index is 10.7. The minimum absolute atomic E-state index is 0.0380. The van der Waals surface area contributed by atoms with Gasteiger partial charge in [-0.1, -0.05) is 35.3 Å². The SMILES string of the molecule is Cc1c(Cl)nc(-c2cccc([N+](=O)[O-])c2)nc1Cl. The summed E-state index contributed by atoms with van der Waals surface area (Å²) in [5.74, 6) is 0.263. The van der Waals surface area contributed by atoms with E-state index in [1.807, 2.05) is 0 Å². The Morgan fingerprint density at radius 2 is 1.83 bits per heavy atom. The molecule has 0 aliphatic rings. The molecule has 18 heavy (non-hydrogen) atoms. The largest absolute Gasteiger partial charge is 0.270 e. The Hall–Kier alpha value is -1.72. The van der Waals surface area contributed by atoms with E-state index in [0.717, 1.165) is 0 Å². The lowest BCUT2D eigenvalue weighted by Crippen LogP contribution is -1.95. The van der Waals surface area contributed by atoms with Crippen molar-refractivity contribution in [3.05, 3.63) is 50.2 Å². The number of rotatable bonds is 2. The van der Waals surface area contributed by atoms with Crippen molar-refractivity contribution in [2.75, 3.05) is 0 Å². The number of aromatic nitrogens is 2. The molecule has 0 N–H and O–H groups in total. The summed E-state index contributed by atoms with van der Waals surface area (Å²) in [6.45, 7) is 1.70. The van der Waals surface area contributed by atoms with Crippen LogP contribution in [0.15, 0.2) is 24.3 Å². The molecular formula is C11H7Cl2N3O2. The van der Waals surface area contributed by atoms with Crippen molar-refractivity contribution >= 4 is 28.9 Å². The first-order valence-corrected chi connectivity index (χ1v) is 5.69. The van der Waals surface area contributed by atoms with Gasteiger partial charge in [-0.3, -0.25) is 10.1 Å². The fourth-order valence-electron chi connectivity index (χ4n) is 1.35. The number of nitro groups is 1. The molecule has 0 saturated carbocycles. The first-order chi connectivity index (χ1) is 8.49. The first kappa shape index (κ1) is 12.7. The highest BCUT2D eigenvalue weighted by atomic mass is 35.5. The summed E-state index contributed by atoms with van der Waals surface area (Å²) >= 11 is 11.8. The molecule has 0 atom stereocenters. The van der Waals surface area contributed by atoms with Crippen molar-refractivity contribution in [2.24, 2.45) is 0 Å². The van der Waals surface area contributed by atoms with Crippen molar-refractivity contribution in [3.8, 4) is 11.4 Å². The number of benzene rings is 1. The Morgan fingerprint density at radius 3 is 2.39 bits per heavy atom. The topological polar surface area (TPSA) is 68.9 Å². The fourth-order valence-corrected chi connectivity index (χ4v) is 1.74. The van der Waals surface area contributed by atoms with E-state index in [9.17, 15) is 10.1 Å². The van der Waals surface area contributed by atoms with Crippen molar-refractivity contribution < 1.29 is 4.92 Å². The van der Waals surface area contributed by atoms with E-state index in [0.29, 0.717) is 11.1 Å². The number of non-ortho nitro benzene ring substituents is 1. The molecule has 0 bridgehead atoms. The van der Waals surface area contributed by atoms with E-state index in [4.69, 9.17) is 23.2 Å². The highest BCUT2D eigenvalue weighted by Gasteiger charge is 2.12. The number of nitro benzene ring substituents is 1. The molecule has 0 radical (unpaired) electrons. The predicted molar refractivity (Wildman–Crippen MR) is 68.9 cm³/mol. The molecule has 1 heterocycles. The molecule has 0 fully saturated rings. The highest BCUT2D eigenvalue weighted by Crippen LogP contribution is 2.26. The van der Waals surface area contributed by atoms with E-state index in [2.05, 4.69) is 9.97 Å². The summed E-state index contributed by atoms with van der Waals surface area (Å²) in [4.78, 5) is 18.3. The third-order valence-electron chi connectivity index (χ3n) is 2.34.